The molecule has 1 rings (SSSR count). The molecule has 122 valence electrons. The smallest absolute Gasteiger partial charge is 0.306 e. The van der Waals surface area contributed by atoms with E-state index in [1.54, 1.807) is 4.90 Å². The first-order valence-electron chi connectivity index (χ1n) is 7.43. The third kappa shape index (κ3) is 6.24. The lowest BCUT2D eigenvalue weighted by Gasteiger charge is -2.22. The van der Waals surface area contributed by atoms with Crippen LogP contribution in [0.1, 0.15) is 24.0 Å². The van der Waals surface area contributed by atoms with Crippen molar-refractivity contribution in [3.63, 3.8) is 0 Å². The van der Waals surface area contributed by atoms with E-state index < -0.39 is 0 Å². The van der Waals surface area contributed by atoms with Crippen LogP contribution in [0, 0.1) is 0 Å². The molecule has 22 heavy (non-hydrogen) atoms. The molecule has 0 saturated heterocycles. The van der Waals surface area contributed by atoms with Crippen LogP contribution in [-0.2, 0) is 27.3 Å². The number of hydrogen-bond donors (Lipinski definition) is 2. The molecule has 6 heteroatoms. The van der Waals surface area contributed by atoms with Crippen LogP contribution in [0.2, 0.25) is 0 Å². The molecule has 0 heterocycles. The summed E-state index contributed by atoms with van der Waals surface area (Å²) in [7, 11) is 1.31. The van der Waals surface area contributed by atoms with Gasteiger partial charge in [0, 0.05) is 26.1 Å². The van der Waals surface area contributed by atoms with Crippen LogP contribution in [0.4, 0.5) is 0 Å². The number of hydrogen-bond acceptors (Lipinski definition) is 5. The lowest BCUT2D eigenvalue weighted by molar-refractivity contribution is -0.143. The predicted molar refractivity (Wildman–Crippen MR) is 84.9 cm³/mol. The second kappa shape index (κ2) is 9.92. The van der Waals surface area contributed by atoms with Crippen molar-refractivity contribution in [1.29, 1.82) is 0 Å². The zero-order valence-corrected chi connectivity index (χ0v) is 13.1. The number of rotatable bonds is 9. The van der Waals surface area contributed by atoms with E-state index in [1.807, 2.05) is 24.3 Å². The van der Waals surface area contributed by atoms with Gasteiger partial charge in [-0.15, -0.1) is 0 Å². The Kier molecular flexibility index (Phi) is 8.17. The minimum atomic E-state index is -0.382. The summed E-state index contributed by atoms with van der Waals surface area (Å²) in [5, 5.41) is 0. The summed E-state index contributed by atoms with van der Waals surface area (Å²) in [5.41, 5.74) is 13.3. The standard InChI is InChI=1S/C16H25N3O3/c1-22-16(21)7-6-15(20)19(11-10-18)12-14-4-2-13(3-5-14)8-9-17/h2-5H,6-12,17-18H2,1H3. The lowest BCUT2D eigenvalue weighted by Crippen LogP contribution is -2.35. The molecule has 0 bridgehead atoms. The van der Waals surface area contributed by atoms with Crippen molar-refractivity contribution >= 4 is 11.9 Å². The second-order valence-corrected chi connectivity index (χ2v) is 5.04. The van der Waals surface area contributed by atoms with Crippen molar-refractivity contribution in [2.75, 3.05) is 26.7 Å². The molecule has 0 radical (unpaired) electrons. The van der Waals surface area contributed by atoms with E-state index in [9.17, 15) is 9.59 Å². The van der Waals surface area contributed by atoms with E-state index >= 15 is 0 Å². The Labute approximate surface area is 131 Å². The molecule has 1 aromatic carbocycles. The molecule has 1 amide bonds. The Morgan fingerprint density at radius 1 is 1.05 bits per heavy atom. The van der Waals surface area contributed by atoms with Gasteiger partial charge < -0.3 is 21.1 Å². The number of nitrogens with two attached hydrogens (primary N) is 2. The predicted octanol–water partition coefficient (Wildman–Crippen LogP) is 0.428. The summed E-state index contributed by atoms with van der Waals surface area (Å²) >= 11 is 0. The van der Waals surface area contributed by atoms with Gasteiger partial charge in [0.05, 0.1) is 13.5 Å². The minimum Gasteiger partial charge on any atom is -0.469 e. The monoisotopic (exact) mass is 307 g/mol. The molecule has 0 unspecified atom stereocenters. The second-order valence-electron chi connectivity index (χ2n) is 5.04. The van der Waals surface area contributed by atoms with Gasteiger partial charge in [0.1, 0.15) is 0 Å². The van der Waals surface area contributed by atoms with Crippen molar-refractivity contribution in [2.45, 2.75) is 25.8 Å². The first kappa shape index (κ1) is 18.1. The molecule has 1 aromatic rings. The number of ether oxygens (including phenoxy) is 1. The summed E-state index contributed by atoms with van der Waals surface area (Å²) in [5.74, 6) is -0.478. The molecule has 0 spiro atoms. The highest BCUT2D eigenvalue weighted by molar-refractivity contribution is 5.81. The summed E-state index contributed by atoms with van der Waals surface area (Å²) in [6.07, 6.45) is 1.06. The van der Waals surface area contributed by atoms with E-state index in [1.165, 1.54) is 12.7 Å². The average molecular weight is 307 g/mol. The fourth-order valence-electron chi connectivity index (χ4n) is 2.12. The number of esters is 1. The maximum atomic E-state index is 12.2. The van der Waals surface area contributed by atoms with Crippen molar-refractivity contribution < 1.29 is 14.3 Å². The van der Waals surface area contributed by atoms with E-state index in [2.05, 4.69) is 4.74 Å². The number of amides is 1. The molecule has 4 N–H and O–H groups in total. The zero-order chi connectivity index (χ0) is 16.4. The lowest BCUT2D eigenvalue weighted by atomic mass is 10.1. The fraction of sp³-hybridized carbons (Fsp3) is 0.500. The van der Waals surface area contributed by atoms with Crippen LogP contribution < -0.4 is 11.5 Å². The largest absolute Gasteiger partial charge is 0.469 e. The third-order valence-electron chi connectivity index (χ3n) is 3.35. The summed E-state index contributed by atoms with van der Waals surface area (Å²) in [6, 6.07) is 8.01. The molecule has 6 nitrogen and oxygen atoms in total. The Morgan fingerprint density at radius 2 is 1.68 bits per heavy atom. The topological polar surface area (TPSA) is 98.7 Å². The summed E-state index contributed by atoms with van der Waals surface area (Å²) in [4.78, 5) is 25.0. The number of nitrogens with zero attached hydrogens (tertiary/aromatic N) is 1. The first-order chi connectivity index (χ1) is 10.6. The molecular formula is C16H25N3O3. The van der Waals surface area contributed by atoms with E-state index in [0.717, 1.165) is 12.0 Å². The SMILES string of the molecule is COC(=O)CCC(=O)N(CCN)Cc1ccc(CCN)cc1. The summed E-state index contributed by atoms with van der Waals surface area (Å²) < 4.78 is 4.55. The van der Waals surface area contributed by atoms with Crippen molar-refractivity contribution in [3.8, 4) is 0 Å². The fourth-order valence-corrected chi connectivity index (χ4v) is 2.12. The van der Waals surface area contributed by atoms with Gasteiger partial charge >= 0.3 is 5.97 Å². The molecule has 0 fully saturated rings. The highest BCUT2D eigenvalue weighted by atomic mass is 16.5. The maximum absolute atomic E-state index is 12.2. The van der Waals surface area contributed by atoms with Gasteiger partial charge in [0.25, 0.3) is 0 Å². The Bertz CT molecular complexity index is 474. The van der Waals surface area contributed by atoms with Crippen molar-refractivity contribution in [1.82, 2.24) is 4.90 Å². The quantitative estimate of drug-likeness (QED) is 0.645. The first-order valence-corrected chi connectivity index (χ1v) is 7.43. The molecular weight excluding hydrogens is 282 g/mol. The normalized spacial score (nSPS) is 10.3. The van der Waals surface area contributed by atoms with Gasteiger partial charge in [0.2, 0.25) is 5.91 Å². The average Bonchev–Trinajstić information content (AvgIpc) is 2.53. The van der Waals surface area contributed by atoms with Crippen molar-refractivity contribution in [2.24, 2.45) is 11.5 Å². The molecule has 0 saturated carbocycles. The van der Waals surface area contributed by atoms with E-state index in [-0.39, 0.29) is 24.7 Å². The van der Waals surface area contributed by atoms with Gasteiger partial charge in [-0.05, 0) is 24.1 Å². The number of carbonyl (C=O) groups excluding carboxylic acids is 2. The Balaban J connectivity index is 2.62. The molecule has 0 aliphatic heterocycles. The maximum Gasteiger partial charge on any atom is 0.306 e. The highest BCUT2D eigenvalue weighted by Crippen LogP contribution is 2.10. The highest BCUT2D eigenvalue weighted by Gasteiger charge is 2.15. The van der Waals surface area contributed by atoms with Gasteiger partial charge in [-0.25, -0.2) is 0 Å². The molecule has 0 aliphatic carbocycles. The number of carbonyl (C=O) groups is 2. The summed E-state index contributed by atoms with van der Waals surface area (Å²) in [6.45, 7) is 1.95. The van der Waals surface area contributed by atoms with E-state index in [4.69, 9.17) is 11.5 Å². The van der Waals surface area contributed by atoms with Crippen molar-refractivity contribution in [3.05, 3.63) is 35.4 Å². The van der Waals surface area contributed by atoms with Gasteiger partial charge in [-0.3, -0.25) is 9.59 Å². The van der Waals surface area contributed by atoms with Crippen LogP contribution in [-0.4, -0.2) is 43.5 Å². The van der Waals surface area contributed by atoms with Crippen LogP contribution in [0.25, 0.3) is 0 Å². The Morgan fingerprint density at radius 3 is 2.23 bits per heavy atom. The molecule has 0 aromatic heterocycles. The van der Waals surface area contributed by atoms with Gasteiger partial charge in [-0.2, -0.15) is 0 Å². The number of benzene rings is 1. The number of methoxy groups -OCH3 is 1. The Hall–Kier alpha value is -1.92. The van der Waals surface area contributed by atoms with Crippen LogP contribution >= 0.6 is 0 Å². The van der Waals surface area contributed by atoms with E-state index in [0.29, 0.717) is 26.2 Å². The van der Waals surface area contributed by atoms with Gasteiger partial charge in [0.15, 0.2) is 0 Å². The van der Waals surface area contributed by atoms with Gasteiger partial charge in [-0.1, -0.05) is 24.3 Å². The molecule has 0 aliphatic rings. The zero-order valence-electron chi connectivity index (χ0n) is 13.1. The third-order valence-corrected chi connectivity index (χ3v) is 3.35. The van der Waals surface area contributed by atoms with Crippen LogP contribution in [0.3, 0.4) is 0 Å². The van der Waals surface area contributed by atoms with Crippen LogP contribution in [0.15, 0.2) is 24.3 Å². The van der Waals surface area contributed by atoms with Crippen LogP contribution in [0.5, 0.6) is 0 Å². The minimum absolute atomic E-state index is 0.0891. The molecule has 0 atom stereocenters.